The number of hydrogen-bond acceptors (Lipinski definition) is 5. The third-order valence-electron chi connectivity index (χ3n) is 6.06. The fourth-order valence-electron chi connectivity index (χ4n) is 4.37. The minimum atomic E-state index is -3.45. The van der Waals surface area contributed by atoms with Crippen LogP contribution in [0.5, 0.6) is 0 Å². The quantitative estimate of drug-likeness (QED) is 0.784. The van der Waals surface area contributed by atoms with Gasteiger partial charge in [-0.2, -0.15) is 22.5 Å². The summed E-state index contributed by atoms with van der Waals surface area (Å²) in [4.78, 5) is 16.4. The van der Waals surface area contributed by atoms with Crippen molar-refractivity contribution < 1.29 is 8.42 Å². The Labute approximate surface area is 177 Å². The van der Waals surface area contributed by atoms with E-state index < -0.39 is 10.2 Å². The molecule has 0 atom stereocenters. The lowest BCUT2D eigenvalue weighted by Gasteiger charge is -2.31. The van der Waals surface area contributed by atoms with Crippen molar-refractivity contribution in [2.45, 2.75) is 63.5 Å². The molecule has 3 heterocycles. The summed E-state index contributed by atoms with van der Waals surface area (Å²) < 4.78 is 31.6. The lowest BCUT2D eigenvalue weighted by molar-refractivity contribution is 0.282. The first-order valence-corrected chi connectivity index (χ1v) is 12.2. The zero-order valence-corrected chi connectivity index (χ0v) is 17.9. The molecule has 0 aromatic carbocycles. The summed E-state index contributed by atoms with van der Waals surface area (Å²) >= 11 is 0. The molecule has 0 amide bonds. The van der Waals surface area contributed by atoms with E-state index >= 15 is 0 Å². The van der Waals surface area contributed by atoms with Crippen LogP contribution in [0.2, 0.25) is 0 Å². The van der Waals surface area contributed by atoms with Gasteiger partial charge in [0, 0.05) is 43.2 Å². The third kappa shape index (κ3) is 4.96. The molecule has 162 valence electrons. The van der Waals surface area contributed by atoms with E-state index in [0.29, 0.717) is 25.9 Å². The van der Waals surface area contributed by atoms with E-state index in [2.05, 4.69) is 14.8 Å². The Morgan fingerprint density at radius 1 is 0.900 bits per heavy atom. The standard InChI is InChI=1S/C21H29N5O3S/c27-21-10-9-20(17-11-13-22-14-12-17)23-26(21)19-7-5-18(6-8-19)24-30(28,29)25-15-3-1-2-4-16-25/h9-14,18-19,24H,1-8,15-16H2. The van der Waals surface area contributed by atoms with Gasteiger partial charge in [-0.15, -0.1) is 0 Å². The number of rotatable bonds is 5. The molecule has 1 aliphatic carbocycles. The fraction of sp³-hybridized carbons (Fsp3) is 0.571. The lowest BCUT2D eigenvalue weighted by atomic mass is 9.92. The Balaban J connectivity index is 1.40. The summed E-state index contributed by atoms with van der Waals surface area (Å²) in [6.07, 6.45) is 10.3. The minimum absolute atomic E-state index is 0.0155. The molecule has 9 heteroatoms. The second kappa shape index (κ2) is 9.36. The van der Waals surface area contributed by atoms with Crippen LogP contribution in [0.1, 0.15) is 57.4 Å². The number of aromatic nitrogens is 3. The van der Waals surface area contributed by atoms with Gasteiger partial charge in [-0.3, -0.25) is 9.78 Å². The molecular formula is C21H29N5O3S. The van der Waals surface area contributed by atoms with E-state index in [1.165, 1.54) is 0 Å². The molecule has 2 aromatic rings. The van der Waals surface area contributed by atoms with Crippen molar-refractivity contribution in [3.8, 4) is 11.3 Å². The number of nitrogens with zero attached hydrogens (tertiary/aromatic N) is 4. The van der Waals surface area contributed by atoms with E-state index in [-0.39, 0.29) is 17.6 Å². The highest BCUT2D eigenvalue weighted by Gasteiger charge is 2.30. The normalized spacial score (nSPS) is 23.7. The first-order chi connectivity index (χ1) is 14.5. The van der Waals surface area contributed by atoms with Gasteiger partial charge in [-0.1, -0.05) is 12.8 Å². The maximum Gasteiger partial charge on any atom is 0.279 e. The highest BCUT2D eigenvalue weighted by molar-refractivity contribution is 7.87. The van der Waals surface area contributed by atoms with Gasteiger partial charge in [-0.25, -0.2) is 4.68 Å². The molecule has 1 saturated carbocycles. The van der Waals surface area contributed by atoms with Gasteiger partial charge < -0.3 is 0 Å². The molecule has 1 saturated heterocycles. The predicted octanol–water partition coefficient (Wildman–Crippen LogP) is 2.50. The van der Waals surface area contributed by atoms with Crippen LogP contribution in [0.3, 0.4) is 0 Å². The fourth-order valence-corrected chi connectivity index (χ4v) is 5.91. The smallest absolute Gasteiger partial charge is 0.268 e. The zero-order valence-electron chi connectivity index (χ0n) is 17.1. The molecule has 8 nitrogen and oxygen atoms in total. The van der Waals surface area contributed by atoms with E-state index in [0.717, 1.165) is 49.8 Å². The van der Waals surface area contributed by atoms with Gasteiger partial charge in [0.15, 0.2) is 0 Å². The summed E-state index contributed by atoms with van der Waals surface area (Å²) in [5.74, 6) is 0. The molecule has 0 unspecified atom stereocenters. The van der Waals surface area contributed by atoms with Crippen LogP contribution in [0.15, 0.2) is 41.5 Å². The van der Waals surface area contributed by atoms with Crippen LogP contribution in [0.25, 0.3) is 11.3 Å². The van der Waals surface area contributed by atoms with Crippen molar-refractivity contribution >= 4 is 10.2 Å². The van der Waals surface area contributed by atoms with Gasteiger partial charge in [0.25, 0.3) is 15.8 Å². The van der Waals surface area contributed by atoms with Crippen molar-refractivity contribution in [1.29, 1.82) is 0 Å². The summed E-state index contributed by atoms with van der Waals surface area (Å²) in [5.41, 5.74) is 1.53. The van der Waals surface area contributed by atoms with Crippen molar-refractivity contribution in [1.82, 2.24) is 23.8 Å². The molecule has 2 fully saturated rings. The number of hydrogen-bond donors (Lipinski definition) is 1. The monoisotopic (exact) mass is 431 g/mol. The Morgan fingerprint density at radius 2 is 1.57 bits per heavy atom. The van der Waals surface area contributed by atoms with Crippen molar-refractivity contribution in [3.63, 3.8) is 0 Å². The van der Waals surface area contributed by atoms with E-state index in [9.17, 15) is 13.2 Å². The van der Waals surface area contributed by atoms with Crippen LogP contribution >= 0.6 is 0 Å². The lowest BCUT2D eigenvalue weighted by Crippen LogP contribution is -2.47. The first kappa shape index (κ1) is 21.1. The molecule has 1 N–H and O–H groups in total. The maximum absolute atomic E-state index is 12.8. The van der Waals surface area contributed by atoms with Crippen LogP contribution in [-0.2, 0) is 10.2 Å². The van der Waals surface area contributed by atoms with Crippen LogP contribution in [-0.4, -0.2) is 46.6 Å². The van der Waals surface area contributed by atoms with Crippen LogP contribution < -0.4 is 10.3 Å². The van der Waals surface area contributed by atoms with Crippen LogP contribution in [0.4, 0.5) is 0 Å². The average molecular weight is 432 g/mol. The van der Waals surface area contributed by atoms with Gasteiger partial charge in [0.1, 0.15) is 0 Å². The SMILES string of the molecule is O=c1ccc(-c2ccncc2)nn1C1CCC(NS(=O)(=O)N2CCCCCC2)CC1. The molecule has 0 spiro atoms. The summed E-state index contributed by atoms with van der Waals surface area (Å²) in [7, 11) is -3.45. The summed E-state index contributed by atoms with van der Waals surface area (Å²) in [6, 6.07) is 6.91. The van der Waals surface area contributed by atoms with Crippen molar-refractivity contribution in [2.75, 3.05) is 13.1 Å². The van der Waals surface area contributed by atoms with Gasteiger partial charge in [0.2, 0.25) is 0 Å². The molecule has 0 radical (unpaired) electrons. The molecule has 2 aliphatic rings. The Morgan fingerprint density at radius 3 is 2.23 bits per heavy atom. The second-order valence-corrected chi connectivity index (χ2v) is 9.88. The Hall–Kier alpha value is -2.10. The van der Waals surface area contributed by atoms with Crippen molar-refractivity contribution in [3.05, 3.63) is 47.0 Å². The van der Waals surface area contributed by atoms with Crippen LogP contribution in [0, 0.1) is 0 Å². The summed E-state index contributed by atoms with van der Waals surface area (Å²) in [6.45, 7) is 1.21. The second-order valence-electron chi connectivity index (χ2n) is 8.18. The minimum Gasteiger partial charge on any atom is -0.268 e. The van der Waals surface area contributed by atoms with E-state index in [1.54, 1.807) is 33.5 Å². The molecule has 0 bridgehead atoms. The molecule has 30 heavy (non-hydrogen) atoms. The van der Waals surface area contributed by atoms with E-state index in [1.807, 2.05) is 12.1 Å². The first-order valence-electron chi connectivity index (χ1n) is 10.8. The largest absolute Gasteiger partial charge is 0.279 e. The van der Waals surface area contributed by atoms with E-state index in [4.69, 9.17) is 0 Å². The molecular weight excluding hydrogens is 402 g/mol. The summed E-state index contributed by atoms with van der Waals surface area (Å²) in [5, 5.41) is 4.58. The average Bonchev–Trinajstić information content (AvgIpc) is 3.06. The van der Waals surface area contributed by atoms with Crippen molar-refractivity contribution in [2.24, 2.45) is 0 Å². The highest BCUT2D eigenvalue weighted by Crippen LogP contribution is 2.28. The third-order valence-corrected chi connectivity index (χ3v) is 7.74. The zero-order chi connectivity index (χ0) is 21.0. The topological polar surface area (TPSA) is 97.2 Å². The Kier molecular flexibility index (Phi) is 6.60. The van der Waals surface area contributed by atoms with Gasteiger partial charge >= 0.3 is 0 Å². The highest BCUT2D eigenvalue weighted by atomic mass is 32.2. The molecule has 1 aliphatic heterocycles. The number of pyridine rings is 1. The molecule has 4 rings (SSSR count). The Bertz CT molecular complexity index is 993. The maximum atomic E-state index is 12.8. The molecule has 2 aromatic heterocycles. The predicted molar refractivity (Wildman–Crippen MR) is 115 cm³/mol. The van der Waals surface area contributed by atoms with Gasteiger partial charge in [0.05, 0.1) is 11.7 Å². The number of nitrogens with one attached hydrogen (secondary N) is 1. The van der Waals surface area contributed by atoms with Gasteiger partial charge in [-0.05, 0) is 56.7 Å².